The number of carbonyl (C=O) groups is 1. The Morgan fingerprint density at radius 2 is 2.00 bits per heavy atom. The molecule has 4 nitrogen and oxygen atoms in total. The van der Waals surface area contributed by atoms with Crippen molar-refractivity contribution in [3.05, 3.63) is 58.9 Å². The Hall–Kier alpha value is -2.36. The van der Waals surface area contributed by atoms with Gasteiger partial charge in [-0.25, -0.2) is 0 Å². The van der Waals surface area contributed by atoms with Crippen molar-refractivity contribution < 1.29 is 9.53 Å². The molecule has 1 N–H and O–H groups in total. The third kappa shape index (κ3) is 3.15. The summed E-state index contributed by atoms with van der Waals surface area (Å²) in [4.78, 5) is 16.0. The maximum atomic E-state index is 12.0. The lowest BCUT2D eigenvalue weighted by atomic mass is 10.0. The number of aromatic nitrogens is 1. The fourth-order valence-electron chi connectivity index (χ4n) is 1.94. The second-order valence-corrected chi connectivity index (χ2v) is 4.65. The maximum absolute atomic E-state index is 12.0. The van der Waals surface area contributed by atoms with Crippen molar-refractivity contribution in [2.45, 2.75) is 20.4 Å². The van der Waals surface area contributed by atoms with E-state index in [4.69, 9.17) is 4.74 Å². The van der Waals surface area contributed by atoms with Gasteiger partial charge in [0, 0.05) is 18.3 Å². The van der Waals surface area contributed by atoms with Gasteiger partial charge < -0.3 is 10.1 Å². The van der Waals surface area contributed by atoms with Gasteiger partial charge in [-0.1, -0.05) is 12.1 Å². The van der Waals surface area contributed by atoms with Crippen molar-refractivity contribution >= 4 is 5.91 Å². The molecule has 4 heteroatoms. The lowest BCUT2D eigenvalue weighted by Crippen LogP contribution is -2.24. The first-order valence-corrected chi connectivity index (χ1v) is 6.45. The Bertz CT molecular complexity index is 609. The highest BCUT2D eigenvalue weighted by Crippen LogP contribution is 2.22. The highest BCUT2D eigenvalue weighted by atomic mass is 16.5. The molecule has 2 rings (SSSR count). The summed E-state index contributed by atoms with van der Waals surface area (Å²) in [6, 6.07) is 9.28. The smallest absolute Gasteiger partial charge is 0.270 e. The first-order chi connectivity index (χ1) is 9.61. The van der Waals surface area contributed by atoms with Crippen LogP contribution in [0.2, 0.25) is 0 Å². The minimum Gasteiger partial charge on any atom is -0.496 e. The van der Waals surface area contributed by atoms with Crippen molar-refractivity contribution in [3.63, 3.8) is 0 Å². The Labute approximate surface area is 118 Å². The summed E-state index contributed by atoms with van der Waals surface area (Å²) >= 11 is 0. The summed E-state index contributed by atoms with van der Waals surface area (Å²) in [6.07, 6.45) is 1.60. The molecular formula is C16H18N2O2. The third-order valence-electron chi connectivity index (χ3n) is 3.23. The van der Waals surface area contributed by atoms with Gasteiger partial charge in [0.25, 0.3) is 5.91 Å². The molecule has 1 aromatic carbocycles. The number of carbonyl (C=O) groups excluding carboxylic acids is 1. The van der Waals surface area contributed by atoms with E-state index in [0.29, 0.717) is 12.2 Å². The number of hydrogen-bond acceptors (Lipinski definition) is 3. The van der Waals surface area contributed by atoms with Crippen LogP contribution in [-0.2, 0) is 6.54 Å². The molecule has 0 bridgehead atoms. The molecule has 0 unspecified atom stereocenters. The number of nitrogens with zero attached hydrogens (tertiary/aromatic N) is 1. The quantitative estimate of drug-likeness (QED) is 0.929. The van der Waals surface area contributed by atoms with Gasteiger partial charge in [-0.05, 0) is 43.2 Å². The summed E-state index contributed by atoms with van der Waals surface area (Å²) in [5.41, 5.74) is 3.71. The number of pyridine rings is 1. The summed E-state index contributed by atoms with van der Waals surface area (Å²) < 4.78 is 5.35. The maximum Gasteiger partial charge on any atom is 0.270 e. The summed E-state index contributed by atoms with van der Waals surface area (Å²) in [5, 5.41) is 2.86. The third-order valence-corrected chi connectivity index (χ3v) is 3.23. The first-order valence-electron chi connectivity index (χ1n) is 6.45. The lowest BCUT2D eigenvalue weighted by molar-refractivity contribution is 0.0945. The van der Waals surface area contributed by atoms with E-state index in [9.17, 15) is 4.79 Å². The van der Waals surface area contributed by atoms with Crippen molar-refractivity contribution in [3.8, 4) is 5.75 Å². The lowest BCUT2D eigenvalue weighted by Gasteiger charge is -2.12. The van der Waals surface area contributed by atoms with Gasteiger partial charge in [-0.2, -0.15) is 0 Å². The van der Waals surface area contributed by atoms with Crippen LogP contribution in [0.4, 0.5) is 0 Å². The summed E-state index contributed by atoms with van der Waals surface area (Å²) in [7, 11) is 1.63. The number of nitrogens with one attached hydrogen (secondary N) is 1. The molecule has 1 heterocycles. The number of rotatable bonds is 4. The van der Waals surface area contributed by atoms with E-state index < -0.39 is 0 Å². The Balaban J connectivity index is 2.11. The molecule has 20 heavy (non-hydrogen) atoms. The van der Waals surface area contributed by atoms with Crippen molar-refractivity contribution in [1.29, 1.82) is 0 Å². The van der Waals surface area contributed by atoms with Crippen LogP contribution in [0.15, 0.2) is 36.5 Å². The van der Waals surface area contributed by atoms with Crippen LogP contribution in [-0.4, -0.2) is 18.0 Å². The van der Waals surface area contributed by atoms with Crippen LogP contribution in [0.25, 0.3) is 0 Å². The SMILES string of the molecule is COc1cc(C)c(C)cc1CNC(=O)c1ccccn1. The normalized spacial score (nSPS) is 10.2. The van der Waals surface area contributed by atoms with Crippen LogP contribution in [0.5, 0.6) is 5.75 Å². The largest absolute Gasteiger partial charge is 0.496 e. The zero-order valence-electron chi connectivity index (χ0n) is 11.9. The van der Waals surface area contributed by atoms with Crippen molar-refractivity contribution in [2.75, 3.05) is 7.11 Å². The number of ether oxygens (including phenoxy) is 1. The fourth-order valence-corrected chi connectivity index (χ4v) is 1.94. The molecule has 104 valence electrons. The van der Waals surface area contributed by atoms with E-state index in [-0.39, 0.29) is 5.91 Å². The molecule has 0 aliphatic rings. The summed E-state index contributed by atoms with van der Waals surface area (Å²) in [5.74, 6) is 0.598. The molecule has 0 aliphatic carbocycles. The van der Waals surface area contributed by atoms with Gasteiger partial charge in [0.05, 0.1) is 7.11 Å². The molecular weight excluding hydrogens is 252 g/mol. The van der Waals surface area contributed by atoms with E-state index in [1.54, 1.807) is 31.5 Å². The monoisotopic (exact) mass is 270 g/mol. The number of benzene rings is 1. The standard InChI is InChI=1S/C16H18N2O2/c1-11-8-13(15(20-3)9-12(11)2)10-18-16(19)14-6-4-5-7-17-14/h4-9H,10H2,1-3H3,(H,18,19). The van der Waals surface area contributed by atoms with E-state index in [0.717, 1.165) is 11.3 Å². The van der Waals surface area contributed by atoms with Gasteiger partial charge >= 0.3 is 0 Å². The predicted octanol–water partition coefficient (Wildman–Crippen LogP) is 2.64. The predicted molar refractivity (Wildman–Crippen MR) is 77.9 cm³/mol. The number of amides is 1. The number of methoxy groups -OCH3 is 1. The van der Waals surface area contributed by atoms with Crippen LogP contribution in [0.1, 0.15) is 27.2 Å². The van der Waals surface area contributed by atoms with E-state index in [2.05, 4.69) is 10.3 Å². The van der Waals surface area contributed by atoms with Gasteiger partial charge in [-0.3, -0.25) is 9.78 Å². The first kappa shape index (κ1) is 14.1. The van der Waals surface area contributed by atoms with Gasteiger partial charge in [0.2, 0.25) is 0 Å². The second kappa shape index (κ2) is 6.19. The average molecular weight is 270 g/mol. The molecule has 0 saturated carbocycles. The Kier molecular flexibility index (Phi) is 4.35. The molecule has 0 spiro atoms. The highest BCUT2D eigenvalue weighted by Gasteiger charge is 2.09. The van der Waals surface area contributed by atoms with Gasteiger partial charge in [0.1, 0.15) is 11.4 Å². The number of hydrogen-bond donors (Lipinski definition) is 1. The molecule has 0 saturated heterocycles. The zero-order valence-corrected chi connectivity index (χ0v) is 11.9. The van der Waals surface area contributed by atoms with Crippen molar-refractivity contribution in [2.24, 2.45) is 0 Å². The van der Waals surface area contributed by atoms with Crippen molar-refractivity contribution in [1.82, 2.24) is 10.3 Å². The Morgan fingerprint density at radius 3 is 2.65 bits per heavy atom. The van der Waals surface area contributed by atoms with E-state index in [1.807, 2.05) is 26.0 Å². The van der Waals surface area contributed by atoms with Gasteiger partial charge in [0.15, 0.2) is 0 Å². The van der Waals surface area contributed by atoms with E-state index in [1.165, 1.54) is 11.1 Å². The minimum atomic E-state index is -0.189. The fraction of sp³-hybridized carbons (Fsp3) is 0.250. The topological polar surface area (TPSA) is 51.2 Å². The molecule has 0 aliphatic heterocycles. The van der Waals surface area contributed by atoms with Crippen LogP contribution in [0, 0.1) is 13.8 Å². The van der Waals surface area contributed by atoms with E-state index >= 15 is 0 Å². The zero-order chi connectivity index (χ0) is 14.5. The van der Waals surface area contributed by atoms with Crippen LogP contribution < -0.4 is 10.1 Å². The second-order valence-electron chi connectivity index (χ2n) is 4.65. The summed E-state index contributed by atoms with van der Waals surface area (Å²) in [6.45, 7) is 4.49. The molecule has 0 atom stereocenters. The minimum absolute atomic E-state index is 0.189. The molecule has 2 aromatic rings. The molecule has 0 radical (unpaired) electrons. The molecule has 0 fully saturated rings. The van der Waals surface area contributed by atoms with Gasteiger partial charge in [-0.15, -0.1) is 0 Å². The molecule has 1 aromatic heterocycles. The Morgan fingerprint density at radius 1 is 1.25 bits per heavy atom. The average Bonchev–Trinajstić information content (AvgIpc) is 2.48. The number of aryl methyl sites for hydroxylation is 2. The highest BCUT2D eigenvalue weighted by molar-refractivity contribution is 5.92. The van der Waals surface area contributed by atoms with Crippen LogP contribution in [0.3, 0.4) is 0 Å². The van der Waals surface area contributed by atoms with Crippen LogP contribution >= 0.6 is 0 Å². The molecule has 1 amide bonds.